The van der Waals surface area contributed by atoms with Crippen molar-refractivity contribution < 1.29 is 22.8 Å². The van der Waals surface area contributed by atoms with Crippen LogP contribution in [0.5, 0.6) is 11.5 Å². The molecule has 2 heterocycles. The van der Waals surface area contributed by atoms with E-state index in [2.05, 4.69) is 19.9 Å². The van der Waals surface area contributed by atoms with Gasteiger partial charge in [-0.2, -0.15) is 13.8 Å². The van der Waals surface area contributed by atoms with Crippen molar-refractivity contribution in [3.8, 4) is 22.9 Å². The van der Waals surface area contributed by atoms with Crippen molar-refractivity contribution in [1.82, 2.24) is 19.7 Å². The molecule has 25 heavy (non-hydrogen) atoms. The molecule has 0 radical (unpaired) electrons. The third kappa shape index (κ3) is 4.08. The number of aryl methyl sites for hydroxylation is 1. The van der Waals surface area contributed by atoms with Crippen molar-refractivity contribution in [2.24, 2.45) is 7.05 Å². The van der Waals surface area contributed by atoms with Crippen LogP contribution in [0.1, 0.15) is 5.89 Å². The lowest BCUT2D eigenvalue weighted by atomic mass is 10.2. The van der Waals surface area contributed by atoms with Crippen molar-refractivity contribution >= 4 is 11.8 Å². The topological polar surface area (TPSA) is 75.2 Å². The Morgan fingerprint density at radius 1 is 1.32 bits per heavy atom. The molecule has 0 spiro atoms. The van der Waals surface area contributed by atoms with Gasteiger partial charge in [0, 0.05) is 25.0 Å². The molecule has 0 saturated carbocycles. The van der Waals surface area contributed by atoms with Crippen LogP contribution in [0.15, 0.2) is 40.3 Å². The minimum atomic E-state index is -2.93. The second-order valence-corrected chi connectivity index (χ2v) is 5.81. The molecule has 0 fully saturated rings. The molecule has 1 aromatic carbocycles. The molecular formula is C15H14F2N4O3S. The number of imidazole rings is 1. The number of rotatable bonds is 7. The van der Waals surface area contributed by atoms with Crippen molar-refractivity contribution in [2.75, 3.05) is 7.11 Å². The minimum Gasteiger partial charge on any atom is -0.493 e. The normalized spacial score (nSPS) is 11.1. The lowest BCUT2D eigenvalue weighted by Gasteiger charge is -2.10. The highest BCUT2D eigenvalue weighted by Crippen LogP contribution is 2.32. The van der Waals surface area contributed by atoms with Crippen LogP contribution >= 0.6 is 11.8 Å². The molecule has 0 atom stereocenters. The zero-order valence-electron chi connectivity index (χ0n) is 13.3. The van der Waals surface area contributed by atoms with Crippen LogP contribution in [-0.2, 0) is 12.8 Å². The van der Waals surface area contributed by atoms with Gasteiger partial charge in [0.25, 0.3) is 0 Å². The van der Waals surface area contributed by atoms with Crippen molar-refractivity contribution in [1.29, 1.82) is 0 Å². The van der Waals surface area contributed by atoms with E-state index in [9.17, 15) is 8.78 Å². The number of nitrogens with zero attached hydrogens (tertiary/aromatic N) is 4. The van der Waals surface area contributed by atoms with Gasteiger partial charge < -0.3 is 18.6 Å². The molecule has 3 aromatic rings. The maximum atomic E-state index is 12.4. The first-order valence-corrected chi connectivity index (χ1v) is 8.11. The number of hydrogen-bond donors (Lipinski definition) is 0. The van der Waals surface area contributed by atoms with E-state index in [0.29, 0.717) is 23.0 Å². The molecule has 0 unspecified atom stereocenters. The van der Waals surface area contributed by atoms with Gasteiger partial charge >= 0.3 is 6.61 Å². The van der Waals surface area contributed by atoms with Gasteiger partial charge in [-0.05, 0) is 18.2 Å². The molecule has 0 amide bonds. The van der Waals surface area contributed by atoms with Crippen LogP contribution in [0.3, 0.4) is 0 Å². The van der Waals surface area contributed by atoms with Gasteiger partial charge in [-0.3, -0.25) is 0 Å². The van der Waals surface area contributed by atoms with E-state index >= 15 is 0 Å². The number of alkyl halides is 2. The second kappa shape index (κ2) is 7.51. The van der Waals surface area contributed by atoms with E-state index in [4.69, 9.17) is 9.26 Å². The summed E-state index contributed by atoms with van der Waals surface area (Å²) in [5, 5.41) is 4.73. The highest BCUT2D eigenvalue weighted by Gasteiger charge is 2.15. The Labute approximate surface area is 146 Å². The van der Waals surface area contributed by atoms with Crippen molar-refractivity contribution in [3.05, 3.63) is 36.5 Å². The van der Waals surface area contributed by atoms with E-state index in [1.807, 2.05) is 17.8 Å². The summed E-state index contributed by atoms with van der Waals surface area (Å²) in [6.45, 7) is -2.93. The molecule has 0 bridgehead atoms. The molecule has 0 saturated heterocycles. The molecule has 0 aliphatic rings. The Morgan fingerprint density at radius 2 is 2.16 bits per heavy atom. The molecule has 7 nitrogen and oxygen atoms in total. The summed E-state index contributed by atoms with van der Waals surface area (Å²) in [7, 11) is 3.26. The first kappa shape index (κ1) is 17.2. The van der Waals surface area contributed by atoms with Gasteiger partial charge in [-0.25, -0.2) is 4.98 Å². The fraction of sp³-hybridized carbons (Fsp3) is 0.267. The van der Waals surface area contributed by atoms with Crippen molar-refractivity contribution in [3.63, 3.8) is 0 Å². The Bertz CT molecular complexity index is 853. The Hall–Kier alpha value is -2.62. The number of benzene rings is 1. The summed E-state index contributed by atoms with van der Waals surface area (Å²) < 4.78 is 41.3. The minimum absolute atomic E-state index is 0.0599. The fourth-order valence-electron chi connectivity index (χ4n) is 2.05. The van der Waals surface area contributed by atoms with Crippen LogP contribution in [-0.4, -0.2) is 33.4 Å². The molecule has 132 valence electrons. The van der Waals surface area contributed by atoms with Gasteiger partial charge in [0.1, 0.15) is 0 Å². The van der Waals surface area contributed by atoms with Crippen LogP contribution in [0, 0.1) is 0 Å². The number of ether oxygens (including phenoxy) is 2. The SMILES string of the molecule is COc1cc(-c2noc(CSc3nccn3C)n2)ccc1OC(F)F. The van der Waals surface area contributed by atoms with Gasteiger partial charge in [0.2, 0.25) is 11.7 Å². The van der Waals surface area contributed by atoms with Gasteiger partial charge in [0.15, 0.2) is 16.7 Å². The highest BCUT2D eigenvalue weighted by atomic mass is 32.2. The van der Waals surface area contributed by atoms with Gasteiger partial charge in [0.05, 0.1) is 12.9 Å². The molecule has 0 aliphatic heterocycles. The standard InChI is InChI=1S/C15H14F2N4O3S/c1-21-6-5-18-15(21)25-8-12-19-13(20-24-12)9-3-4-10(23-14(16)17)11(7-9)22-2/h3-7,14H,8H2,1-2H3. The van der Waals surface area contributed by atoms with Crippen LogP contribution in [0.4, 0.5) is 8.78 Å². The zero-order chi connectivity index (χ0) is 17.8. The van der Waals surface area contributed by atoms with E-state index < -0.39 is 6.61 Å². The largest absolute Gasteiger partial charge is 0.493 e. The average Bonchev–Trinajstić information content (AvgIpc) is 3.22. The number of hydrogen-bond acceptors (Lipinski definition) is 7. The molecular weight excluding hydrogens is 354 g/mol. The predicted molar refractivity (Wildman–Crippen MR) is 85.7 cm³/mol. The van der Waals surface area contributed by atoms with Crippen LogP contribution < -0.4 is 9.47 Å². The number of aromatic nitrogens is 4. The monoisotopic (exact) mass is 368 g/mol. The quantitative estimate of drug-likeness (QED) is 0.592. The third-order valence-corrected chi connectivity index (χ3v) is 4.25. The summed E-state index contributed by atoms with van der Waals surface area (Å²) in [5.74, 6) is 1.32. The first-order chi connectivity index (χ1) is 12.1. The van der Waals surface area contributed by atoms with Crippen LogP contribution in [0.25, 0.3) is 11.4 Å². The Balaban J connectivity index is 1.74. The summed E-state index contributed by atoms with van der Waals surface area (Å²) in [6.07, 6.45) is 3.55. The number of thioether (sulfide) groups is 1. The lowest BCUT2D eigenvalue weighted by Crippen LogP contribution is -2.03. The highest BCUT2D eigenvalue weighted by molar-refractivity contribution is 7.98. The molecule has 10 heteroatoms. The maximum Gasteiger partial charge on any atom is 0.387 e. The summed E-state index contributed by atoms with van der Waals surface area (Å²) in [6, 6.07) is 4.44. The average molecular weight is 368 g/mol. The molecule has 2 aromatic heterocycles. The third-order valence-electron chi connectivity index (χ3n) is 3.21. The smallest absolute Gasteiger partial charge is 0.387 e. The fourth-order valence-corrected chi connectivity index (χ4v) is 2.82. The van der Waals surface area contributed by atoms with E-state index in [1.54, 1.807) is 12.3 Å². The number of halogens is 2. The molecule has 0 aliphatic carbocycles. The zero-order valence-corrected chi connectivity index (χ0v) is 14.2. The Morgan fingerprint density at radius 3 is 2.84 bits per heavy atom. The van der Waals surface area contributed by atoms with Crippen molar-refractivity contribution in [2.45, 2.75) is 17.5 Å². The van der Waals surface area contributed by atoms with E-state index in [0.717, 1.165) is 5.16 Å². The number of methoxy groups -OCH3 is 1. The Kier molecular flexibility index (Phi) is 5.17. The molecule has 3 rings (SSSR count). The second-order valence-electron chi connectivity index (χ2n) is 4.87. The summed E-state index contributed by atoms with van der Waals surface area (Å²) >= 11 is 1.46. The van der Waals surface area contributed by atoms with Gasteiger partial charge in [-0.15, -0.1) is 0 Å². The summed E-state index contributed by atoms with van der Waals surface area (Å²) in [4.78, 5) is 8.49. The van der Waals surface area contributed by atoms with E-state index in [-0.39, 0.29) is 11.5 Å². The van der Waals surface area contributed by atoms with E-state index in [1.165, 1.54) is 31.0 Å². The van der Waals surface area contributed by atoms with Crippen LogP contribution in [0.2, 0.25) is 0 Å². The first-order valence-electron chi connectivity index (χ1n) is 7.12. The van der Waals surface area contributed by atoms with Gasteiger partial charge in [-0.1, -0.05) is 16.9 Å². The molecule has 0 N–H and O–H groups in total. The lowest BCUT2D eigenvalue weighted by molar-refractivity contribution is -0.0512. The summed E-state index contributed by atoms with van der Waals surface area (Å²) in [5.41, 5.74) is 0.565. The maximum absolute atomic E-state index is 12.4. The predicted octanol–water partition coefficient (Wildman–Crippen LogP) is 3.37.